The van der Waals surface area contributed by atoms with E-state index in [0.717, 1.165) is 0 Å². The van der Waals surface area contributed by atoms with Crippen molar-refractivity contribution >= 4 is 22.0 Å². The number of benzene rings is 2. The third-order valence-corrected chi connectivity index (χ3v) is 6.77. The van der Waals surface area contributed by atoms with Crippen LogP contribution in [0.4, 0.5) is 0 Å². The van der Waals surface area contributed by atoms with E-state index in [4.69, 9.17) is 0 Å². The summed E-state index contributed by atoms with van der Waals surface area (Å²) < 4.78 is 1.40. The number of rotatable bonds is 12. The molecule has 0 atom stereocenters. The van der Waals surface area contributed by atoms with E-state index >= 15 is 0 Å². The van der Waals surface area contributed by atoms with Gasteiger partial charge in [-0.25, -0.2) is 0 Å². The van der Waals surface area contributed by atoms with E-state index in [2.05, 4.69) is 74.0 Å². The molecule has 0 spiro atoms. The summed E-state index contributed by atoms with van der Waals surface area (Å²) in [5, 5.41) is 0. The van der Waals surface area contributed by atoms with Crippen LogP contribution in [0.5, 0.6) is 0 Å². The molecule has 0 saturated carbocycles. The molecule has 0 heterocycles. The number of fused-ring (bicyclic) bond motifs is 3. The Morgan fingerprint density at radius 2 is 1.36 bits per heavy atom. The van der Waals surface area contributed by atoms with Gasteiger partial charge >= 0.3 is 183 Å². The Bertz CT molecular complexity index is 732. The standard InChI is InChI=1S/C27H36.Li/c1-3-5-7-9-15-21-27(22-16-10-8-6-4-2)25-19-13-11-17-23(25)24-18-12-14-20-26(24)27;/h11-12,17-20H,3-10,15-16,21-22H2,1-2H3;. The van der Waals surface area contributed by atoms with Gasteiger partial charge in [-0.3, -0.25) is 0 Å². The summed E-state index contributed by atoms with van der Waals surface area (Å²) in [5.74, 6) is 0. The fraction of sp³-hybridized carbons (Fsp3) is 0.556. The normalized spacial score (nSPS) is 14.1. The molecule has 2 aromatic carbocycles. The molecule has 1 radical (unpaired) electrons. The van der Waals surface area contributed by atoms with Crippen molar-refractivity contribution in [2.75, 3.05) is 0 Å². The van der Waals surface area contributed by atoms with E-state index in [1.165, 1.54) is 92.4 Å². The molecule has 0 aromatic heterocycles. The first-order valence-electron chi connectivity index (χ1n) is 11.8. The van der Waals surface area contributed by atoms with Crippen LogP contribution in [0.15, 0.2) is 36.4 Å². The van der Waals surface area contributed by atoms with Crippen LogP contribution in [0.3, 0.4) is 0 Å². The van der Waals surface area contributed by atoms with Gasteiger partial charge in [0.1, 0.15) is 0 Å². The van der Waals surface area contributed by atoms with Crippen molar-refractivity contribution in [3.05, 3.63) is 53.6 Å². The zero-order valence-corrected chi connectivity index (χ0v) is 18.4. The molecule has 0 N–H and O–H groups in total. The molecule has 2 aromatic rings. The number of hydrogen-bond donors (Lipinski definition) is 0. The maximum atomic E-state index is 3.42. The zero-order chi connectivity index (χ0) is 19.8. The molecular formula is C27H36Li. The predicted molar refractivity (Wildman–Crippen MR) is 124 cm³/mol. The van der Waals surface area contributed by atoms with E-state index in [9.17, 15) is 0 Å². The van der Waals surface area contributed by atoms with E-state index < -0.39 is 0 Å². The summed E-state index contributed by atoms with van der Waals surface area (Å²) in [7, 11) is 0. The van der Waals surface area contributed by atoms with Gasteiger partial charge in [0, 0.05) is 0 Å². The van der Waals surface area contributed by atoms with Gasteiger partial charge in [-0.05, 0) is 0 Å². The van der Waals surface area contributed by atoms with Crippen LogP contribution < -0.4 is 4.24 Å². The van der Waals surface area contributed by atoms with E-state index in [0.29, 0.717) is 0 Å². The molecule has 145 valence electrons. The van der Waals surface area contributed by atoms with Gasteiger partial charge in [-0.1, -0.05) is 0 Å². The minimum absolute atomic E-state index is 0.215. The molecule has 0 unspecified atom stereocenters. The Kier molecular flexibility index (Phi) is 8.32. The van der Waals surface area contributed by atoms with Gasteiger partial charge in [0.15, 0.2) is 0 Å². The second-order valence-electron chi connectivity index (χ2n) is 8.93. The number of unbranched alkanes of at least 4 members (excludes halogenated alkanes) is 8. The van der Waals surface area contributed by atoms with E-state index in [-0.39, 0.29) is 5.41 Å². The molecular weight excluding hydrogens is 331 g/mol. The van der Waals surface area contributed by atoms with Crippen LogP contribution in [0, 0.1) is 6.07 Å². The summed E-state index contributed by atoms with van der Waals surface area (Å²) in [5.41, 5.74) is 6.33. The summed E-state index contributed by atoms with van der Waals surface area (Å²) in [6, 6.07) is 17.3. The average molecular weight is 368 g/mol. The van der Waals surface area contributed by atoms with E-state index in [1.807, 2.05) is 0 Å². The van der Waals surface area contributed by atoms with Gasteiger partial charge < -0.3 is 0 Å². The second kappa shape index (κ2) is 10.7. The van der Waals surface area contributed by atoms with Crippen LogP contribution in [0.25, 0.3) is 11.1 Å². The van der Waals surface area contributed by atoms with E-state index in [1.54, 1.807) is 11.1 Å². The third-order valence-electron chi connectivity index (χ3n) is 6.77. The summed E-state index contributed by atoms with van der Waals surface area (Å²) in [6.07, 6.45) is 16.2. The SMILES string of the molecule is [Li][c]1ccc2c(c1)C(CCCCCCC)(CCCCCCC)c1c[c]ccc1-2. The van der Waals surface area contributed by atoms with Crippen LogP contribution in [0.2, 0.25) is 0 Å². The van der Waals surface area contributed by atoms with Crippen molar-refractivity contribution in [1.82, 2.24) is 0 Å². The van der Waals surface area contributed by atoms with Gasteiger partial charge in [-0.15, -0.1) is 0 Å². The second-order valence-corrected chi connectivity index (χ2v) is 8.93. The Hall–Kier alpha value is -0.963. The Morgan fingerprint density at radius 3 is 2.00 bits per heavy atom. The van der Waals surface area contributed by atoms with Crippen LogP contribution in [-0.4, -0.2) is 17.7 Å². The molecule has 0 amide bonds. The van der Waals surface area contributed by atoms with Gasteiger partial charge in [0.2, 0.25) is 0 Å². The average Bonchev–Trinajstić information content (AvgIpc) is 2.97. The molecule has 0 nitrogen and oxygen atoms in total. The van der Waals surface area contributed by atoms with Crippen molar-refractivity contribution < 1.29 is 0 Å². The third kappa shape index (κ3) is 4.78. The molecule has 1 aliphatic carbocycles. The van der Waals surface area contributed by atoms with Crippen molar-refractivity contribution in [1.29, 1.82) is 0 Å². The molecule has 0 fully saturated rings. The van der Waals surface area contributed by atoms with Gasteiger partial charge in [0.05, 0.1) is 0 Å². The molecule has 28 heavy (non-hydrogen) atoms. The predicted octanol–water partition coefficient (Wildman–Crippen LogP) is 7.27. The quantitative estimate of drug-likeness (QED) is 0.273. The molecule has 3 rings (SSSR count). The summed E-state index contributed by atoms with van der Waals surface area (Å²) in [4.78, 5) is 0. The van der Waals surface area contributed by atoms with Gasteiger partial charge in [0.25, 0.3) is 0 Å². The fourth-order valence-corrected chi connectivity index (χ4v) is 5.22. The fourth-order valence-electron chi connectivity index (χ4n) is 5.22. The van der Waals surface area contributed by atoms with Crippen molar-refractivity contribution in [2.24, 2.45) is 0 Å². The summed E-state index contributed by atoms with van der Waals surface area (Å²) >= 11 is 2.25. The van der Waals surface area contributed by atoms with Gasteiger partial charge in [-0.2, -0.15) is 0 Å². The topological polar surface area (TPSA) is 0 Å². The monoisotopic (exact) mass is 367 g/mol. The van der Waals surface area contributed by atoms with Crippen molar-refractivity contribution in [2.45, 2.75) is 96.3 Å². The summed E-state index contributed by atoms with van der Waals surface area (Å²) in [6.45, 7) is 4.61. The molecule has 1 aliphatic rings. The number of hydrogen-bond acceptors (Lipinski definition) is 0. The van der Waals surface area contributed by atoms with Crippen LogP contribution in [-0.2, 0) is 5.41 Å². The van der Waals surface area contributed by atoms with Crippen molar-refractivity contribution in [3.63, 3.8) is 0 Å². The Balaban J connectivity index is 1.89. The Morgan fingerprint density at radius 1 is 0.750 bits per heavy atom. The van der Waals surface area contributed by atoms with Crippen molar-refractivity contribution in [3.8, 4) is 11.1 Å². The first-order valence-corrected chi connectivity index (χ1v) is 11.8. The molecule has 0 aliphatic heterocycles. The zero-order valence-electron chi connectivity index (χ0n) is 18.4. The first kappa shape index (κ1) is 21.7. The van der Waals surface area contributed by atoms with Crippen LogP contribution >= 0.6 is 0 Å². The first-order chi connectivity index (χ1) is 13.7. The minimum atomic E-state index is 0.215. The molecule has 1 heteroatoms. The molecule has 0 bridgehead atoms. The van der Waals surface area contributed by atoms with Crippen LogP contribution in [0.1, 0.15) is 102 Å². The maximum absolute atomic E-state index is 3.42. The molecule has 0 saturated heterocycles. The Labute approximate surface area is 182 Å².